The summed E-state index contributed by atoms with van der Waals surface area (Å²) in [5.41, 5.74) is 0.338. The maximum atomic E-state index is 13.1. The zero-order valence-corrected chi connectivity index (χ0v) is 9.55. The van der Waals surface area contributed by atoms with E-state index in [0.717, 1.165) is 6.07 Å². The average Bonchev–Trinajstić information content (AvgIpc) is 2.23. The standard InChI is InChI=1S/C11H10FNO2S/c1-2-15-10(14)5-7-3-4-9(12)8(6-13)11(7)16/h3-4,16H,2,5H2,1H3. The largest absolute Gasteiger partial charge is 0.466 e. The Hall–Kier alpha value is -1.54. The van der Waals surface area contributed by atoms with Gasteiger partial charge in [0.25, 0.3) is 0 Å². The summed E-state index contributed by atoms with van der Waals surface area (Å²) < 4.78 is 17.9. The molecule has 0 radical (unpaired) electrons. The fourth-order valence-electron chi connectivity index (χ4n) is 1.23. The Morgan fingerprint density at radius 1 is 1.62 bits per heavy atom. The number of nitriles is 1. The number of carbonyl (C=O) groups excluding carboxylic acids is 1. The highest BCUT2D eigenvalue weighted by Crippen LogP contribution is 2.22. The van der Waals surface area contributed by atoms with Gasteiger partial charge >= 0.3 is 5.97 Å². The third-order valence-electron chi connectivity index (χ3n) is 1.96. The predicted molar refractivity (Wildman–Crippen MR) is 58.7 cm³/mol. The zero-order chi connectivity index (χ0) is 12.1. The van der Waals surface area contributed by atoms with Crippen LogP contribution in [0.15, 0.2) is 17.0 Å². The first-order valence-electron chi connectivity index (χ1n) is 4.66. The lowest BCUT2D eigenvalue weighted by Crippen LogP contribution is -2.08. The minimum atomic E-state index is -0.639. The van der Waals surface area contributed by atoms with E-state index in [1.807, 2.05) is 0 Å². The molecule has 1 aromatic carbocycles. The van der Waals surface area contributed by atoms with Gasteiger partial charge in [-0.25, -0.2) is 4.39 Å². The fraction of sp³-hybridized carbons (Fsp3) is 0.273. The number of nitrogens with zero attached hydrogens (tertiary/aromatic N) is 1. The van der Waals surface area contributed by atoms with Gasteiger partial charge in [-0.1, -0.05) is 6.07 Å². The van der Waals surface area contributed by atoms with Crippen molar-refractivity contribution in [1.29, 1.82) is 5.26 Å². The summed E-state index contributed by atoms with van der Waals surface area (Å²) >= 11 is 4.03. The van der Waals surface area contributed by atoms with E-state index in [2.05, 4.69) is 12.6 Å². The first kappa shape index (κ1) is 12.5. The molecule has 16 heavy (non-hydrogen) atoms. The number of esters is 1. The molecule has 0 aliphatic carbocycles. The predicted octanol–water partition coefficient (Wildman–Crippen LogP) is 2.09. The third-order valence-corrected chi connectivity index (χ3v) is 2.47. The molecule has 84 valence electrons. The first-order valence-corrected chi connectivity index (χ1v) is 5.11. The van der Waals surface area contributed by atoms with Gasteiger partial charge in [-0.05, 0) is 18.6 Å². The lowest BCUT2D eigenvalue weighted by atomic mass is 10.1. The molecular formula is C11H10FNO2S. The molecule has 0 spiro atoms. The van der Waals surface area contributed by atoms with Crippen LogP contribution in [-0.4, -0.2) is 12.6 Å². The number of thiol groups is 1. The molecule has 0 bridgehead atoms. The summed E-state index contributed by atoms with van der Waals surface area (Å²) in [6.45, 7) is 1.98. The van der Waals surface area contributed by atoms with Crippen molar-refractivity contribution < 1.29 is 13.9 Å². The van der Waals surface area contributed by atoms with Crippen LogP contribution in [-0.2, 0) is 16.0 Å². The molecule has 0 saturated carbocycles. The van der Waals surface area contributed by atoms with E-state index >= 15 is 0 Å². The van der Waals surface area contributed by atoms with Crippen LogP contribution >= 0.6 is 12.6 Å². The van der Waals surface area contributed by atoms with Gasteiger partial charge in [0.2, 0.25) is 0 Å². The molecule has 0 atom stereocenters. The van der Waals surface area contributed by atoms with Crippen LogP contribution in [0.4, 0.5) is 4.39 Å². The van der Waals surface area contributed by atoms with Crippen LogP contribution in [0, 0.1) is 17.1 Å². The van der Waals surface area contributed by atoms with Gasteiger partial charge in [0.1, 0.15) is 17.4 Å². The summed E-state index contributed by atoms with van der Waals surface area (Å²) in [7, 11) is 0. The minimum absolute atomic E-state index is 0.0123. The maximum Gasteiger partial charge on any atom is 0.310 e. The molecule has 3 nitrogen and oxygen atoms in total. The number of ether oxygens (including phenoxy) is 1. The summed E-state index contributed by atoms with van der Waals surface area (Å²) in [6, 6.07) is 4.28. The Morgan fingerprint density at radius 2 is 2.31 bits per heavy atom. The van der Waals surface area contributed by atoms with Crippen LogP contribution in [0.1, 0.15) is 18.1 Å². The van der Waals surface area contributed by atoms with Crippen LogP contribution in [0.3, 0.4) is 0 Å². The summed E-state index contributed by atoms with van der Waals surface area (Å²) in [4.78, 5) is 11.4. The summed E-state index contributed by atoms with van der Waals surface area (Å²) in [5.74, 6) is -1.06. The average molecular weight is 239 g/mol. The van der Waals surface area contributed by atoms with E-state index in [1.54, 1.807) is 13.0 Å². The second kappa shape index (κ2) is 5.52. The van der Waals surface area contributed by atoms with E-state index in [0.29, 0.717) is 5.56 Å². The van der Waals surface area contributed by atoms with E-state index in [9.17, 15) is 9.18 Å². The number of carbonyl (C=O) groups is 1. The van der Waals surface area contributed by atoms with Crippen molar-refractivity contribution in [3.8, 4) is 6.07 Å². The molecule has 0 aliphatic heterocycles. The van der Waals surface area contributed by atoms with Crippen molar-refractivity contribution in [3.05, 3.63) is 29.1 Å². The van der Waals surface area contributed by atoms with Gasteiger partial charge in [0, 0.05) is 4.90 Å². The van der Waals surface area contributed by atoms with Crippen molar-refractivity contribution in [1.82, 2.24) is 0 Å². The van der Waals surface area contributed by atoms with Crippen LogP contribution in [0.25, 0.3) is 0 Å². The van der Waals surface area contributed by atoms with Gasteiger partial charge in [-0.2, -0.15) is 5.26 Å². The smallest absolute Gasteiger partial charge is 0.310 e. The Morgan fingerprint density at radius 3 is 2.88 bits per heavy atom. The highest BCUT2D eigenvalue weighted by molar-refractivity contribution is 7.80. The molecule has 5 heteroatoms. The summed E-state index contributed by atoms with van der Waals surface area (Å²) in [5, 5.41) is 8.71. The Labute approximate surface area is 98.2 Å². The SMILES string of the molecule is CCOC(=O)Cc1ccc(F)c(C#N)c1S. The fourth-order valence-corrected chi connectivity index (χ4v) is 1.54. The van der Waals surface area contributed by atoms with Crippen molar-refractivity contribution >= 4 is 18.6 Å². The van der Waals surface area contributed by atoms with Gasteiger partial charge in [0.05, 0.1) is 13.0 Å². The normalized spacial score (nSPS) is 9.62. The Bertz CT molecular complexity index is 454. The number of halogens is 1. The highest BCUT2D eigenvalue weighted by atomic mass is 32.1. The zero-order valence-electron chi connectivity index (χ0n) is 8.66. The molecule has 0 unspecified atom stereocenters. The van der Waals surface area contributed by atoms with Crippen molar-refractivity contribution in [2.45, 2.75) is 18.2 Å². The number of rotatable bonds is 3. The Balaban J connectivity index is 2.99. The first-order chi connectivity index (χ1) is 7.60. The molecule has 0 aromatic heterocycles. The molecule has 0 saturated heterocycles. The Kier molecular flexibility index (Phi) is 4.32. The molecular weight excluding hydrogens is 229 g/mol. The van der Waals surface area contributed by atoms with E-state index in [-0.39, 0.29) is 23.5 Å². The van der Waals surface area contributed by atoms with Crippen molar-refractivity contribution in [3.63, 3.8) is 0 Å². The van der Waals surface area contributed by atoms with Gasteiger partial charge in [-0.3, -0.25) is 4.79 Å². The number of hydrogen-bond donors (Lipinski definition) is 1. The van der Waals surface area contributed by atoms with Gasteiger partial charge < -0.3 is 4.74 Å². The van der Waals surface area contributed by atoms with Crippen LogP contribution < -0.4 is 0 Å². The molecule has 1 rings (SSSR count). The monoisotopic (exact) mass is 239 g/mol. The second-order valence-corrected chi connectivity index (χ2v) is 3.47. The van der Waals surface area contributed by atoms with Gasteiger partial charge in [0.15, 0.2) is 0 Å². The van der Waals surface area contributed by atoms with Crippen molar-refractivity contribution in [2.75, 3.05) is 6.61 Å². The molecule has 0 aliphatic rings. The molecule has 0 heterocycles. The topological polar surface area (TPSA) is 50.1 Å². The molecule has 1 aromatic rings. The number of benzene rings is 1. The lowest BCUT2D eigenvalue weighted by Gasteiger charge is -2.06. The van der Waals surface area contributed by atoms with E-state index in [4.69, 9.17) is 10.00 Å². The third kappa shape index (κ3) is 2.74. The van der Waals surface area contributed by atoms with Gasteiger partial charge in [-0.15, -0.1) is 12.6 Å². The van der Waals surface area contributed by atoms with E-state index in [1.165, 1.54) is 6.07 Å². The lowest BCUT2D eigenvalue weighted by molar-refractivity contribution is -0.142. The number of hydrogen-bond acceptors (Lipinski definition) is 4. The van der Waals surface area contributed by atoms with Crippen LogP contribution in [0.5, 0.6) is 0 Å². The molecule has 0 fully saturated rings. The van der Waals surface area contributed by atoms with E-state index < -0.39 is 11.8 Å². The molecule has 0 N–H and O–H groups in total. The molecule has 0 amide bonds. The quantitative estimate of drug-likeness (QED) is 0.649. The second-order valence-electron chi connectivity index (χ2n) is 3.02. The minimum Gasteiger partial charge on any atom is -0.466 e. The summed E-state index contributed by atoms with van der Waals surface area (Å²) in [6.07, 6.45) is -0.0123. The van der Waals surface area contributed by atoms with Crippen LogP contribution in [0.2, 0.25) is 0 Å². The maximum absolute atomic E-state index is 13.1. The van der Waals surface area contributed by atoms with Crippen molar-refractivity contribution in [2.24, 2.45) is 0 Å². The highest BCUT2D eigenvalue weighted by Gasteiger charge is 2.13.